The summed E-state index contributed by atoms with van der Waals surface area (Å²) in [4.78, 5) is 45.2. The van der Waals surface area contributed by atoms with Gasteiger partial charge in [-0.05, 0) is 74.9 Å². The van der Waals surface area contributed by atoms with E-state index in [-0.39, 0.29) is 17.7 Å². The molecule has 0 unspecified atom stereocenters. The fraction of sp³-hybridized carbons (Fsp3) is 0.300. The number of hydrogen-bond acceptors (Lipinski definition) is 4. The summed E-state index contributed by atoms with van der Waals surface area (Å²) in [5, 5.41) is 3.52. The molecule has 0 saturated carbocycles. The summed E-state index contributed by atoms with van der Waals surface area (Å²) in [7, 11) is 0. The molecule has 1 fully saturated rings. The SMILES string of the molecule is CCN(CC)C(=O)c1cc(NC(=O)c2ccccc2)ccc1N1CCCN(C(=O)c2ccc(Cl)cc2)CC1. The molecule has 8 heteroatoms. The monoisotopic (exact) mass is 532 g/mol. The average Bonchev–Trinajstić information content (AvgIpc) is 3.20. The molecule has 0 atom stereocenters. The molecule has 1 saturated heterocycles. The molecule has 1 aliphatic heterocycles. The first-order chi connectivity index (χ1) is 18.4. The van der Waals surface area contributed by atoms with E-state index in [1.807, 2.05) is 49.1 Å². The van der Waals surface area contributed by atoms with Crippen molar-refractivity contribution in [1.82, 2.24) is 9.80 Å². The van der Waals surface area contributed by atoms with Crippen molar-refractivity contribution in [3.63, 3.8) is 0 Å². The van der Waals surface area contributed by atoms with Gasteiger partial charge < -0.3 is 20.0 Å². The van der Waals surface area contributed by atoms with Gasteiger partial charge in [0, 0.05) is 66.8 Å². The van der Waals surface area contributed by atoms with Crippen LogP contribution in [0.2, 0.25) is 5.02 Å². The lowest BCUT2D eigenvalue weighted by molar-refractivity contribution is 0.0760. The Kier molecular flexibility index (Phi) is 9.02. The summed E-state index contributed by atoms with van der Waals surface area (Å²) in [5.74, 6) is -0.341. The van der Waals surface area contributed by atoms with Gasteiger partial charge in [0.2, 0.25) is 0 Å². The molecule has 0 spiro atoms. The van der Waals surface area contributed by atoms with Crippen LogP contribution < -0.4 is 10.2 Å². The zero-order chi connectivity index (χ0) is 27.1. The maximum absolute atomic E-state index is 13.6. The Morgan fingerprint density at radius 1 is 0.842 bits per heavy atom. The van der Waals surface area contributed by atoms with Gasteiger partial charge in [0.15, 0.2) is 0 Å². The lowest BCUT2D eigenvalue weighted by Gasteiger charge is -2.28. The summed E-state index contributed by atoms with van der Waals surface area (Å²) in [6.07, 6.45) is 0.769. The van der Waals surface area contributed by atoms with Crippen molar-refractivity contribution in [3.05, 3.63) is 94.5 Å². The van der Waals surface area contributed by atoms with E-state index >= 15 is 0 Å². The highest BCUT2D eigenvalue weighted by Gasteiger charge is 2.25. The highest BCUT2D eigenvalue weighted by atomic mass is 35.5. The van der Waals surface area contributed by atoms with Crippen molar-refractivity contribution in [3.8, 4) is 0 Å². The molecule has 3 amide bonds. The fourth-order valence-corrected chi connectivity index (χ4v) is 4.80. The first-order valence-corrected chi connectivity index (χ1v) is 13.4. The van der Waals surface area contributed by atoms with E-state index in [0.29, 0.717) is 66.7 Å². The molecule has 1 aliphatic rings. The number of nitrogens with one attached hydrogen (secondary N) is 1. The second kappa shape index (κ2) is 12.6. The lowest BCUT2D eigenvalue weighted by Crippen LogP contribution is -2.36. The predicted molar refractivity (Wildman–Crippen MR) is 152 cm³/mol. The first kappa shape index (κ1) is 27.2. The van der Waals surface area contributed by atoms with Crippen molar-refractivity contribution < 1.29 is 14.4 Å². The standard InChI is InChI=1S/C30H33ClN4O3/c1-3-33(4-2)30(38)26-21-25(32-28(36)22-9-6-5-7-10-22)15-16-27(26)34-17-8-18-35(20-19-34)29(37)23-11-13-24(31)14-12-23/h5-7,9-16,21H,3-4,8,17-20H2,1-2H3,(H,32,36). The molecule has 0 aliphatic carbocycles. The number of rotatable bonds is 7. The number of halogens is 1. The van der Waals surface area contributed by atoms with Crippen LogP contribution in [-0.4, -0.2) is 66.8 Å². The van der Waals surface area contributed by atoms with Gasteiger partial charge in [0.05, 0.1) is 5.56 Å². The van der Waals surface area contributed by atoms with E-state index in [1.165, 1.54) is 0 Å². The van der Waals surface area contributed by atoms with Crippen LogP contribution in [0.25, 0.3) is 0 Å². The molecule has 1 N–H and O–H groups in total. The number of amides is 3. The van der Waals surface area contributed by atoms with Gasteiger partial charge in [-0.2, -0.15) is 0 Å². The van der Waals surface area contributed by atoms with Gasteiger partial charge >= 0.3 is 0 Å². The van der Waals surface area contributed by atoms with Crippen LogP contribution in [0.15, 0.2) is 72.8 Å². The Bertz CT molecular complexity index is 1280. The van der Waals surface area contributed by atoms with Crippen LogP contribution in [0, 0.1) is 0 Å². The summed E-state index contributed by atoms with van der Waals surface area (Å²) in [6.45, 7) is 7.53. The highest BCUT2D eigenvalue weighted by Crippen LogP contribution is 2.28. The van der Waals surface area contributed by atoms with E-state index in [9.17, 15) is 14.4 Å². The molecular formula is C30H33ClN4O3. The highest BCUT2D eigenvalue weighted by molar-refractivity contribution is 6.30. The Morgan fingerprint density at radius 3 is 2.24 bits per heavy atom. The molecule has 1 heterocycles. The Balaban J connectivity index is 1.57. The van der Waals surface area contributed by atoms with Gasteiger partial charge in [-0.3, -0.25) is 14.4 Å². The minimum Gasteiger partial charge on any atom is -0.369 e. The summed E-state index contributed by atoms with van der Waals surface area (Å²) >= 11 is 5.98. The fourth-order valence-electron chi connectivity index (χ4n) is 4.67. The average molecular weight is 533 g/mol. The molecule has 7 nitrogen and oxygen atoms in total. The normalized spacial score (nSPS) is 13.6. The Morgan fingerprint density at radius 2 is 1.55 bits per heavy atom. The number of benzene rings is 3. The molecule has 4 rings (SSSR count). The van der Waals surface area contributed by atoms with Crippen LogP contribution in [0.3, 0.4) is 0 Å². The largest absolute Gasteiger partial charge is 0.369 e. The smallest absolute Gasteiger partial charge is 0.256 e. The summed E-state index contributed by atoms with van der Waals surface area (Å²) in [6, 6.07) is 21.4. The van der Waals surface area contributed by atoms with Gasteiger partial charge in [0.25, 0.3) is 17.7 Å². The molecule has 38 heavy (non-hydrogen) atoms. The number of carbonyl (C=O) groups is 3. The second-order valence-electron chi connectivity index (χ2n) is 9.17. The van der Waals surface area contributed by atoms with Gasteiger partial charge in [0.1, 0.15) is 0 Å². The molecule has 0 aromatic heterocycles. The van der Waals surface area contributed by atoms with Crippen molar-refractivity contribution >= 4 is 40.7 Å². The van der Waals surface area contributed by atoms with Crippen LogP contribution in [0.4, 0.5) is 11.4 Å². The third kappa shape index (κ3) is 6.34. The van der Waals surface area contributed by atoms with Gasteiger partial charge in [-0.1, -0.05) is 29.8 Å². The first-order valence-electron chi connectivity index (χ1n) is 13.0. The van der Waals surface area contributed by atoms with Crippen molar-refractivity contribution in [2.45, 2.75) is 20.3 Å². The van der Waals surface area contributed by atoms with Crippen molar-refractivity contribution in [1.29, 1.82) is 0 Å². The maximum atomic E-state index is 13.6. The minimum atomic E-state index is -0.231. The van der Waals surface area contributed by atoms with Crippen molar-refractivity contribution in [2.24, 2.45) is 0 Å². The molecule has 0 radical (unpaired) electrons. The number of nitrogens with zero attached hydrogens (tertiary/aromatic N) is 3. The van der Waals surface area contributed by atoms with Gasteiger partial charge in [-0.25, -0.2) is 0 Å². The van der Waals surface area contributed by atoms with Crippen LogP contribution in [0.1, 0.15) is 51.3 Å². The molecular weight excluding hydrogens is 500 g/mol. The summed E-state index contributed by atoms with van der Waals surface area (Å²) < 4.78 is 0. The zero-order valence-corrected chi connectivity index (χ0v) is 22.6. The number of carbonyl (C=O) groups excluding carboxylic acids is 3. The molecule has 3 aromatic rings. The number of hydrogen-bond donors (Lipinski definition) is 1. The Labute approximate surface area is 229 Å². The predicted octanol–water partition coefficient (Wildman–Crippen LogP) is 5.43. The number of anilines is 2. The topological polar surface area (TPSA) is 73.0 Å². The van der Waals surface area contributed by atoms with Gasteiger partial charge in [-0.15, -0.1) is 0 Å². The van der Waals surface area contributed by atoms with Crippen LogP contribution in [0.5, 0.6) is 0 Å². The molecule has 0 bridgehead atoms. The Hall–Kier alpha value is -3.84. The quantitative estimate of drug-likeness (QED) is 0.440. The third-order valence-corrected chi connectivity index (χ3v) is 7.04. The third-order valence-electron chi connectivity index (χ3n) is 6.79. The van der Waals surface area contributed by atoms with Crippen LogP contribution >= 0.6 is 11.6 Å². The minimum absolute atomic E-state index is 0.0260. The van der Waals surface area contributed by atoms with E-state index < -0.39 is 0 Å². The summed E-state index contributed by atoms with van der Waals surface area (Å²) in [5.41, 5.74) is 3.06. The van der Waals surface area contributed by atoms with Crippen molar-refractivity contribution in [2.75, 3.05) is 49.5 Å². The molecule has 3 aromatic carbocycles. The zero-order valence-electron chi connectivity index (χ0n) is 21.8. The van der Waals surface area contributed by atoms with Crippen LogP contribution in [-0.2, 0) is 0 Å². The van der Waals surface area contributed by atoms with E-state index in [2.05, 4.69) is 10.2 Å². The maximum Gasteiger partial charge on any atom is 0.256 e. The van der Waals surface area contributed by atoms with E-state index in [1.54, 1.807) is 47.4 Å². The second-order valence-corrected chi connectivity index (χ2v) is 9.61. The lowest BCUT2D eigenvalue weighted by atomic mass is 10.1. The van der Waals surface area contributed by atoms with E-state index in [0.717, 1.165) is 12.1 Å². The van der Waals surface area contributed by atoms with E-state index in [4.69, 9.17) is 11.6 Å². The molecule has 198 valence electrons.